The summed E-state index contributed by atoms with van der Waals surface area (Å²) in [7, 11) is 0. The van der Waals surface area contributed by atoms with E-state index in [1.54, 1.807) is 6.20 Å². The number of hydrogen-bond acceptors (Lipinski definition) is 3. The van der Waals surface area contributed by atoms with E-state index in [1.807, 2.05) is 18.2 Å². The SMILES string of the molecule is Cc1ccccc1[C@H]1CCN(CC2CCc3cccnc3[C@@H](O)C2)C[C@@H]1F. The van der Waals surface area contributed by atoms with Crippen LogP contribution in [0.4, 0.5) is 4.39 Å². The summed E-state index contributed by atoms with van der Waals surface area (Å²) < 4.78 is 15.0. The third-order valence-corrected chi connectivity index (χ3v) is 6.35. The molecule has 2 heterocycles. The van der Waals surface area contributed by atoms with Crippen LogP contribution < -0.4 is 0 Å². The number of hydrogen-bond donors (Lipinski definition) is 1. The fourth-order valence-electron chi connectivity index (χ4n) is 4.88. The van der Waals surface area contributed by atoms with Gasteiger partial charge in [0, 0.05) is 25.2 Å². The van der Waals surface area contributed by atoms with E-state index < -0.39 is 12.3 Å². The lowest BCUT2D eigenvalue weighted by molar-refractivity contribution is 0.0827. The summed E-state index contributed by atoms with van der Waals surface area (Å²) in [5, 5.41) is 10.6. The molecule has 0 radical (unpaired) electrons. The first-order valence-corrected chi connectivity index (χ1v) is 10.2. The molecule has 0 spiro atoms. The van der Waals surface area contributed by atoms with Gasteiger partial charge in [0.2, 0.25) is 0 Å². The lowest BCUT2D eigenvalue weighted by atomic mass is 9.85. The van der Waals surface area contributed by atoms with Crippen molar-refractivity contribution in [1.82, 2.24) is 9.88 Å². The van der Waals surface area contributed by atoms with Gasteiger partial charge in [-0.15, -0.1) is 0 Å². The number of halogens is 1. The van der Waals surface area contributed by atoms with Crippen molar-refractivity contribution in [2.24, 2.45) is 5.92 Å². The fourth-order valence-corrected chi connectivity index (χ4v) is 4.88. The molecule has 2 aliphatic rings. The van der Waals surface area contributed by atoms with Crippen LogP contribution in [0.3, 0.4) is 0 Å². The largest absolute Gasteiger partial charge is 0.387 e. The number of aliphatic hydroxyl groups excluding tert-OH is 1. The molecule has 0 saturated carbocycles. The first-order valence-electron chi connectivity index (χ1n) is 10.2. The number of rotatable bonds is 3. The zero-order chi connectivity index (χ0) is 18.8. The van der Waals surface area contributed by atoms with Gasteiger partial charge in [-0.05, 0) is 67.8 Å². The third kappa shape index (κ3) is 4.07. The van der Waals surface area contributed by atoms with Crippen molar-refractivity contribution in [3.05, 3.63) is 65.0 Å². The van der Waals surface area contributed by atoms with Crippen molar-refractivity contribution in [2.45, 2.75) is 50.8 Å². The Kier molecular flexibility index (Phi) is 5.55. The Morgan fingerprint density at radius 2 is 2.04 bits per heavy atom. The van der Waals surface area contributed by atoms with E-state index in [0.717, 1.165) is 55.6 Å². The standard InChI is InChI=1S/C23H29FN2O/c1-16-5-2-3-7-19(16)20-10-12-26(15-21(20)24)14-17-8-9-18-6-4-11-25-23(18)22(27)13-17/h2-7,11,17,20-22,27H,8-10,12-15H2,1H3/t17?,20-,21+,22+/m1/s1. The molecule has 1 aliphatic carbocycles. The zero-order valence-electron chi connectivity index (χ0n) is 16.0. The second-order valence-electron chi connectivity index (χ2n) is 8.23. The number of likely N-dealkylation sites (tertiary alicyclic amines) is 1. The van der Waals surface area contributed by atoms with E-state index in [4.69, 9.17) is 0 Å². The molecule has 1 aromatic heterocycles. The van der Waals surface area contributed by atoms with Gasteiger partial charge in [-0.1, -0.05) is 30.3 Å². The average molecular weight is 368 g/mol. The van der Waals surface area contributed by atoms with Gasteiger partial charge in [-0.25, -0.2) is 4.39 Å². The molecule has 1 N–H and O–H groups in total. The van der Waals surface area contributed by atoms with Gasteiger partial charge in [0.05, 0.1) is 11.8 Å². The Hall–Kier alpha value is -1.78. The molecule has 4 atom stereocenters. The first-order chi connectivity index (χ1) is 13.1. The van der Waals surface area contributed by atoms with Gasteiger partial charge in [-0.2, -0.15) is 0 Å². The fraction of sp³-hybridized carbons (Fsp3) is 0.522. The van der Waals surface area contributed by atoms with Gasteiger partial charge in [0.15, 0.2) is 0 Å². The van der Waals surface area contributed by atoms with E-state index in [9.17, 15) is 9.50 Å². The summed E-state index contributed by atoms with van der Waals surface area (Å²) >= 11 is 0. The smallest absolute Gasteiger partial charge is 0.120 e. The Morgan fingerprint density at radius 3 is 2.85 bits per heavy atom. The molecule has 3 nitrogen and oxygen atoms in total. The van der Waals surface area contributed by atoms with Crippen molar-refractivity contribution in [1.29, 1.82) is 0 Å². The molecule has 1 fully saturated rings. The topological polar surface area (TPSA) is 36.4 Å². The monoisotopic (exact) mass is 368 g/mol. The van der Waals surface area contributed by atoms with Gasteiger partial charge < -0.3 is 10.0 Å². The lowest BCUT2D eigenvalue weighted by Crippen LogP contribution is -2.43. The molecule has 0 amide bonds. The minimum atomic E-state index is -0.825. The van der Waals surface area contributed by atoms with Crippen LogP contribution in [-0.2, 0) is 6.42 Å². The van der Waals surface area contributed by atoms with Crippen LogP contribution in [0, 0.1) is 12.8 Å². The van der Waals surface area contributed by atoms with Crippen molar-refractivity contribution in [2.75, 3.05) is 19.6 Å². The molecular weight excluding hydrogens is 339 g/mol. The Bertz CT molecular complexity index is 780. The number of fused-ring (bicyclic) bond motifs is 1. The summed E-state index contributed by atoms with van der Waals surface area (Å²) in [6.45, 7) is 4.37. The lowest BCUT2D eigenvalue weighted by Gasteiger charge is -2.37. The molecule has 1 aromatic carbocycles. The first kappa shape index (κ1) is 18.6. The van der Waals surface area contributed by atoms with Gasteiger partial charge in [-0.3, -0.25) is 4.98 Å². The van der Waals surface area contributed by atoms with E-state index >= 15 is 0 Å². The predicted octanol–water partition coefficient (Wildman–Crippen LogP) is 4.20. The predicted molar refractivity (Wildman–Crippen MR) is 105 cm³/mol. The summed E-state index contributed by atoms with van der Waals surface area (Å²) in [6.07, 6.45) is 4.00. The summed E-state index contributed by atoms with van der Waals surface area (Å²) in [5.41, 5.74) is 4.35. The highest BCUT2D eigenvalue weighted by atomic mass is 19.1. The second kappa shape index (κ2) is 8.07. The molecule has 144 valence electrons. The van der Waals surface area contributed by atoms with E-state index in [1.165, 1.54) is 5.56 Å². The van der Waals surface area contributed by atoms with Gasteiger partial charge >= 0.3 is 0 Å². The molecule has 0 bridgehead atoms. The minimum absolute atomic E-state index is 0.00984. The minimum Gasteiger partial charge on any atom is -0.387 e. The van der Waals surface area contributed by atoms with Crippen molar-refractivity contribution in [3.8, 4) is 0 Å². The quantitative estimate of drug-likeness (QED) is 0.825. The van der Waals surface area contributed by atoms with Crippen LogP contribution in [0.15, 0.2) is 42.6 Å². The van der Waals surface area contributed by atoms with E-state index in [-0.39, 0.29) is 5.92 Å². The summed E-state index contributed by atoms with van der Waals surface area (Å²) in [6, 6.07) is 12.2. The number of piperidine rings is 1. The molecule has 4 rings (SSSR count). The number of pyridine rings is 1. The van der Waals surface area contributed by atoms with Crippen LogP contribution in [0.25, 0.3) is 0 Å². The van der Waals surface area contributed by atoms with Crippen molar-refractivity contribution < 1.29 is 9.50 Å². The number of alkyl halides is 1. The van der Waals surface area contributed by atoms with Crippen LogP contribution in [0.5, 0.6) is 0 Å². The maximum atomic E-state index is 15.0. The molecule has 4 heteroatoms. The molecule has 1 aliphatic heterocycles. The molecule has 27 heavy (non-hydrogen) atoms. The summed E-state index contributed by atoms with van der Waals surface area (Å²) in [4.78, 5) is 6.65. The molecular formula is C23H29FN2O. The van der Waals surface area contributed by atoms with E-state index in [0.29, 0.717) is 12.5 Å². The molecule has 1 saturated heterocycles. The highest BCUT2D eigenvalue weighted by Crippen LogP contribution is 2.35. The van der Waals surface area contributed by atoms with E-state index in [2.05, 4.69) is 35.0 Å². The maximum absolute atomic E-state index is 15.0. The normalized spacial score (nSPS) is 29.1. The Morgan fingerprint density at radius 1 is 1.19 bits per heavy atom. The maximum Gasteiger partial charge on any atom is 0.120 e. The van der Waals surface area contributed by atoms with Gasteiger partial charge in [0.1, 0.15) is 6.17 Å². The van der Waals surface area contributed by atoms with Crippen LogP contribution in [0.1, 0.15) is 53.7 Å². The summed E-state index contributed by atoms with van der Waals surface area (Å²) in [5.74, 6) is 0.395. The average Bonchev–Trinajstić information content (AvgIpc) is 2.82. The number of aliphatic hydroxyl groups is 1. The van der Waals surface area contributed by atoms with Crippen molar-refractivity contribution >= 4 is 0 Å². The number of aromatic nitrogens is 1. The Labute approximate surface area is 161 Å². The molecule has 2 aromatic rings. The highest BCUT2D eigenvalue weighted by molar-refractivity contribution is 5.30. The number of nitrogens with zero attached hydrogens (tertiary/aromatic N) is 2. The van der Waals surface area contributed by atoms with Crippen LogP contribution >= 0.6 is 0 Å². The third-order valence-electron chi connectivity index (χ3n) is 6.35. The number of benzene rings is 1. The second-order valence-corrected chi connectivity index (χ2v) is 8.23. The number of aryl methyl sites for hydroxylation is 2. The van der Waals surface area contributed by atoms with Crippen LogP contribution in [0.2, 0.25) is 0 Å². The zero-order valence-corrected chi connectivity index (χ0v) is 16.0. The highest BCUT2D eigenvalue weighted by Gasteiger charge is 2.33. The van der Waals surface area contributed by atoms with Crippen LogP contribution in [-0.4, -0.2) is 40.8 Å². The van der Waals surface area contributed by atoms with Gasteiger partial charge in [0.25, 0.3) is 0 Å². The van der Waals surface area contributed by atoms with Crippen molar-refractivity contribution in [3.63, 3.8) is 0 Å². The Balaban J connectivity index is 1.37. The molecule has 1 unspecified atom stereocenters.